The first-order chi connectivity index (χ1) is 18.9. The molecule has 6 rings (SSSR count). The number of nitrogens with zero attached hydrogens (tertiary/aromatic N) is 7. The Labute approximate surface area is 222 Å². The molecule has 2 unspecified atom stereocenters. The fraction of sp³-hybridized carbons (Fsp3) is 0.440. The number of rotatable bonds is 9. The maximum atomic E-state index is 14.9. The van der Waals surface area contributed by atoms with Gasteiger partial charge in [-0.15, -0.1) is 5.10 Å². The number of carbonyl (C=O) groups excluding carboxylic acids is 2. The minimum Gasteiger partial charge on any atom is -0.492 e. The van der Waals surface area contributed by atoms with Gasteiger partial charge in [0.2, 0.25) is 0 Å². The molecular weight excluding hydrogens is 511 g/mol. The molecule has 13 nitrogen and oxygen atoms in total. The van der Waals surface area contributed by atoms with E-state index < -0.39 is 6.09 Å². The first kappa shape index (κ1) is 25.0. The molecular formula is C25H27FN8O5. The average Bonchev–Trinajstić information content (AvgIpc) is 3.67. The van der Waals surface area contributed by atoms with Gasteiger partial charge in [0.15, 0.2) is 18.2 Å². The molecule has 4 heterocycles. The number of benzene rings is 1. The second-order valence-corrected chi connectivity index (χ2v) is 9.72. The quantitative estimate of drug-likeness (QED) is 0.426. The highest BCUT2D eigenvalue weighted by Gasteiger charge is 2.35. The number of nitrogens with one attached hydrogen (secondary N) is 1. The molecule has 0 radical (unpaired) electrons. The maximum absolute atomic E-state index is 14.9. The zero-order valence-corrected chi connectivity index (χ0v) is 21.2. The Balaban J connectivity index is 1.01. The number of anilines is 2. The van der Waals surface area contributed by atoms with Gasteiger partial charge in [-0.2, -0.15) is 0 Å². The van der Waals surface area contributed by atoms with Gasteiger partial charge in [-0.05, 0) is 43.5 Å². The molecule has 14 heteroatoms. The number of hydrogen-bond acceptors (Lipinski definition) is 10. The van der Waals surface area contributed by atoms with Crippen molar-refractivity contribution in [2.24, 2.45) is 0 Å². The predicted molar refractivity (Wildman–Crippen MR) is 134 cm³/mol. The summed E-state index contributed by atoms with van der Waals surface area (Å²) < 4.78 is 33.1. The van der Waals surface area contributed by atoms with Crippen LogP contribution in [0, 0.1) is 5.82 Å². The van der Waals surface area contributed by atoms with E-state index >= 15 is 0 Å². The molecule has 204 valence electrons. The third-order valence-electron chi connectivity index (χ3n) is 7.12. The summed E-state index contributed by atoms with van der Waals surface area (Å²) in [7, 11) is 2.00. The molecule has 1 N–H and O–H groups in total. The summed E-state index contributed by atoms with van der Waals surface area (Å²) in [5.74, 6) is 0.581. The molecule has 1 saturated heterocycles. The van der Waals surface area contributed by atoms with Crippen molar-refractivity contribution in [3.8, 4) is 11.6 Å². The highest BCUT2D eigenvalue weighted by Crippen LogP contribution is 2.32. The van der Waals surface area contributed by atoms with E-state index in [4.69, 9.17) is 14.2 Å². The van der Waals surface area contributed by atoms with Crippen molar-refractivity contribution in [3.05, 3.63) is 47.7 Å². The van der Waals surface area contributed by atoms with Gasteiger partial charge in [0.25, 0.3) is 11.8 Å². The molecule has 3 aliphatic rings. The summed E-state index contributed by atoms with van der Waals surface area (Å²) in [5, 5.41) is 10.2. The van der Waals surface area contributed by atoms with Crippen LogP contribution >= 0.6 is 0 Å². The van der Waals surface area contributed by atoms with Crippen LogP contribution in [-0.2, 0) is 28.9 Å². The van der Waals surface area contributed by atoms with Gasteiger partial charge < -0.3 is 24.4 Å². The van der Waals surface area contributed by atoms with Crippen LogP contribution in [0.15, 0.2) is 30.7 Å². The minimum atomic E-state index is -0.522. The van der Waals surface area contributed by atoms with Crippen molar-refractivity contribution >= 4 is 23.6 Å². The van der Waals surface area contributed by atoms with Crippen LogP contribution in [0.3, 0.4) is 0 Å². The maximum Gasteiger partial charge on any atom is 0.415 e. The van der Waals surface area contributed by atoms with Crippen LogP contribution in [0.5, 0.6) is 11.6 Å². The normalized spacial score (nSPS) is 19.9. The molecule has 2 aliphatic heterocycles. The Hall–Kier alpha value is -4.33. The molecule has 1 aromatic carbocycles. The molecule has 0 spiro atoms. The van der Waals surface area contributed by atoms with Crippen molar-refractivity contribution in [3.63, 3.8) is 0 Å². The van der Waals surface area contributed by atoms with Gasteiger partial charge >= 0.3 is 6.09 Å². The van der Waals surface area contributed by atoms with Gasteiger partial charge in [-0.3, -0.25) is 9.69 Å². The van der Waals surface area contributed by atoms with E-state index in [9.17, 15) is 14.0 Å². The van der Waals surface area contributed by atoms with E-state index in [1.54, 1.807) is 17.1 Å². The number of hydrogen-bond donors (Lipinski definition) is 1. The lowest BCUT2D eigenvalue weighted by molar-refractivity contribution is -0.118. The summed E-state index contributed by atoms with van der Waals surface area (Å²) in [6.07, 6.45) is 5.81. The summed E-state index contributed by atoms with van der Waals surface area (Å²) in [6.45, 7) is 1.73. The number of cyclic esters (lactones) is 1. The van der Waals surface area contributed by atoms with Crippen molar-refractivity contribution in [1.82, 2.24) is 29.9 Å². The summed E-state index contributed by atoms with van der Waals surface area (Å²) in [4.78, 5) is 36.1. The standard InChI is InChI=1S/C25H27FN8O5/c1-32(16-8-15-9-18(11-20(26)19(15)10-16)37-7-6-33-5-3-28-31-33)4-2-17-13-34(25(36)39-17)21-12-27-24-23(29-21)30-22(35)14-38-24/h3,5,9,11-12,16-17H,2,4,6-8,10,13-14H2,1H3,(H,29,30,35). The van der Waals surface area contributed by atoms with Crippen molar-refractivity contribution in [1.29, 1.82) is 0 Å². The average molecular weight is 539 g/mol. The number of carbonyl (C=O) groups is 2. The fourth-order valence-electron chi connectivity index (χ4n) is 5.02. The summed E-state index contributed by atoms with van der Waals surface area (Å²) in [5.41, 5.74) is 1.67. The van der Waals surface area contributed by atoms with E-state index in [1.165, 1.54) is 17.2 Å². The first-order valence-electron chi connectivity index (χ1n) is 12.7. The lowest BCUT2D eigenvalue weighted by Crippen LogP contribution is -2.35. The highest BCUT2D eigenvalue weighted by atomic mass is 19.1. The van der Waals surface area contributed by atoms with Gasteiger partial charge in [0, 0.05) is 24.8 Å². The fourth-order valence-corrected chi connectivity index (χ4v) is 5.02. The van der Waals surface area contributed by atoms with E-state index in [1.807, 2.05) is 13.1 Å². The number of ether oxygens (including phenoxy) is 3. The van der Waals surface area contributed by atoms with Crippen LogP contribution in [0.25, 0.3) is 0 Å². The van der Waals surface area contributed by atoms with Crippen LogP contribution in [0.1, 0.15) is 17.5 Å². The van der Waals surface area contributed by atoms with Crippen molar-refractivity contribution in [2.45, 2.75) is 38.0 Å². The zero-order valence-electron chi connectivity index (χ0n) is 21.2. The number of halogens is 1. The van der Waals surface area contributed by atoms with Crippen molar-refractivity contribution < 1.29 is 28.2 Å². The molecule has 2 aromatic heterocycles. The number of likely N-dealkylation sites (N-methyl/N-ethyl adjacent to an activating group) is 1. The molecule has 0 bridgehead atoms. The number of amides is 2. The van der Waals surface area contributed by atoms with E-state index in [0.29, 0.717) is 51.3 Å². The molecule has 39 heavy (non-hydrogen) atoms. The van der Waals surface area contributed by atoms with Gasteiger partial charge in [-0.25, -0.2) is 23.8 Å². The Morgan fingerprint density at radius 2 is 2.18 bits per heavy atom. The molecule has 0 saturated carbocycles. The third kappa shape index (κ3) is 5.32. The molecule has 2 amide bonds. The van der Waals surface area contributed by atoms with Crippen molar-refractivity contribution in [2.75, 3.05) is 43.6 Å². The number of aromatic nitrogens is 5. The van der Waals surface area contributed by atoms with Crippen LogP contribution in [-0.4, -0.2) is 87.4 Å². The van der Waals surface area contributed by atoms with Crippen LogP contribution < -0.4 is 19.7 Å². The summed E-state index contributed by atoms with van der Waals surface area (Å²) >= 11 is 0. The SMILES string of the molecule is CN(CCC1CN(c2cnc3c(n2)NC(=O)CO3)C(=O)O1)C1Cc2cc(OCCn3ccnn3)cc(F)c2C1. The molecule has 1 aliphatic carbocycles. The monoisotopic (exact) mass is 538 g/mol. The number of fused-ring (bicyclic) bond motifs is 2. The predicted octanol–water partition coefficient (Wildman–Crippen LogP) is 1.43. The zero-order chi connectivity index (χ0) is 26.9. The van der Waals surface area contributed by atoms with Gasteiger partial charge in [0.05, 0.1) is 25.5 Å². The second-order valence-electron chi connectivity index (χ2n) is 9.72. The van der Waals surface area contributed by atoms with E-state index in [2.05, 4.69) is 30.5 Å². The summed E-state index contributed by atoms with van der Waals surface area (Å²) in [6, 6.07) is 3.48. The second kappa shape index (κ2) is 10.4. The van der Waals surface area contributed by atoms with Gasteiger partial charge in [0.1, 0.15) is 24.3 Å². The third-order valence-corrected chi connectivity index (χ3v) is 7.12. The first-order valence-corrected chi connectivity index (χ1v) is 12.7. The van der Waals surface area contributed by atoms with E-state index in [0.717, 1.165) is 11.1 Å². The molecule has 2 atom stereocenters. The van der Waals surface area contributed by atoms with Crippen LogP contribution in [0.2, 0.25) is 0 Å². The Morgan fingerprint density at radius 1 is 1.28 bits per heavy atom. The minimum absolute atomic E-state index is 0.124. The Kier molecular flexibility index (Phi) is 6.69. The molecule has 1 fully saturated rings. The van der Waals surface area contributed by atoms with E-state index in [-0.39, 0.29) is 48.0 Å². The smallest absolute Gasteiger partial charge is 0.415 e. The highest BCUT2D eigenvalue weighted by molar-refractivity contribution is 5.94. The molecule has 3 aromatic rings. The Bertz CT molecular complexity index is 1390. The van der Waals surface area contributed by atoms with Crippen LogP contribution in [0.4, 0.5) is 20.8 Å². The lowest BCUT2D eigenvalue weighted by atomic mass is 10.1. The lowest BCUT2D eigenvalue weighted by Gasteiger charge is -2.25. The Morgan fingerprint density at radius 3 is 3.03 bits per heavy atom. The largest absolute Gasteiger partial charge is 0.492 e. The van der Waals surface area contributed by atoms with Gasteiger partial charge in [-0.1, -0.05) is 5.21 Å². The topological polar surface area (TPSA) is 137 Å².